The fraction of sp³-hybridized carbons (Fsp3) is 0.417. The number of carbonyl (C=O) groups excluding carboxylic acids is 1. The standard InChI is InChI=1S/C12H15FN2O3S/c13-10-3-1-2-4-11(10)15-12(16)7-9-8-19(17,18)6-5-14-9/h1-4,9,14H,5-8H2,(H,15,16). The Morgan fingerprint density at radius 3 is 2.84 bits per heavy atom. The number of halogens is 1. The number of anilines is 1. The van der Waals surface area contributed by atoms with E-state index in [1.54, 1.807) is 6.07 Å². The number of carbonyl (C=O) groups is 1. The van der Waals surface area contributed by atoms with Crippen LogP contribution in [0.15, 0.2) is 24.3 Å². The predicted molar refractivity (Wildman–Crippen MR) is 70.1 cm³/mol. The second-order valence-electron chi connectivity index (χ2n) is 4.50. The Hall–Kier alpha value is -1.47. The van der Waals surface area contributed by atoms with Crippen LogP contribution in [-0.4, -0.2) is 38.4 Å². The van der Waals surface area contributed by atoms with E-state index in [0.717, 1.165) is 0 Å². The number of hydrogen-bond donors (Lipinski definition) is 2. The third kappa shape index (κ3) is 4.00. The van der Waals surface area contributed by atoms with Gasteiger partial charge in [-0.05, 0) is 12.1 Å². The van der Waals surface area contributed by atoms with E-state index >= 15 is 0 Å². The van der Waals surface area contributed by atoms with Crippen LogP contribution in [0.5, 0.6) is 0 Å². The molecule has 104 valence electrons. The molecule has 1 amide bonds. The SMILES string of the molecule is O=C(CC1CS(=O)(=O)CCN1)Nc1ccccc1F. The molecule has 1 aromatic rings. The third-order valence-corrected chi connectivity index (χ3v) is 4.62. The van der Waals surface area contributed by atoms with Crippen LogP contribution < -0.4 is 10.6 Å². The van der Waals surface area contributed by atoms with Gasteiger partial charge in [0.25, 0.3) is 0 Å². The van der Waals surface area contributed by atoms with Gasteiger partial charge in [0.15, 0.2) is 9.84 Å². The molecule has 1 aliphatic rings. The normalized spacial score (nSPS) is 21.8. The highest BCUT2D eigenvalue weighted by Crippen LogP contribution is 2.13. The van der Waals surface area contributed by atoms with E-state index in [2.05, 4.69) is 10.6 Å². The van der Waals surface area contributed by atoms with Gasteiger partial charge < -0.3 is 10.6 Å². The number of para-hydroxylation sites is 1. The van der Waals surface area contributed by atoms with E-state index in [1.165, 1.54) is 18.2 Å². The van der Waals surface area contributed by atoms with Crippen molar-refractivity contribution >= 4 is 21.4 Å². The van der Waals surface area contributed by atoms with E-state index in [0.29, 0.717) is 6.54 Å². The van der Waals surface area contributed by atoms with Crippen LogP contribution in [0.2, 0.25) is 0 Å². The molecule has 2 N–H and O–H groups in total. The van der Waals surface area contributed by atoms with Crippen molar-refractivity contribution in [3.05, 3.63) is 30.1 Å². The van der Waals surface area contributed by atoms with Crippen molar-refractivity contribution in [1.29, 1.82) is 0 Å². The summed E-state index contributed by atoms with van der Waals surface area (Å²) in [6.45, 7) is 0.347. The summed E-state index contributed by atoms with van der Waals surface area (Å²) in [7, 11) is -3.08. The first-order valence-corrected chi connectivity index (χ1v) is 7.76. The summed E-state index contributed by atoms with van der Waals surface area (Å²) >= 11 is 0. The molecule has 1 unspecified atom stereocenters. The highest BCUT2D eigenvalue weighted by atomic mass is 32.2. The van der Waals surface area contributed by atoms with Gasteiger partial charge in [-0.15, -0.1) is 0 Å². The number of benzene rings is 1. The van der Waals surface area contributed by atoms with Gasteiger partial charge >= 0.3 is 0 Å². The van der Waals surface area contributed by atoms with Crippen molar-refractivity contribution in [3.8, 4) is 0 Å². The van der Waals surface area contributed by atoms with Crippen LogP contribution in [0.25, 0.3) is 0 Å². The highest BCUT2D eigenvalue weighted by Gasteiger charge is 2.26. The van der Waals surface area contributed by atoms with Crippen molar-refractivity contribution in [2.75, 3.05) is 23.4 Å². The zero-order valence-electron chi connectivity index (χ0n) is 10.2. The molecule has 1 aliphatic heterocycles. The van der Waals surface area contributed by atoms with E-state index in [-0.39, 0.29) is 23.6 Å². The largest absolute Gasteiger partial charge is 0.324 e. The molecule has 1 fully saturated rings. The summed E-state index contributed by atoms with van der Waals surface area (Å²) in [6, 6.07) is 5.44. The lowest BCUT2D eigenvalue weighted by Gasteiger charge is -2.23. The molecule has 0 saturated carbocycles. The van der Waals surface area contributed by atoms with Crippen LogP contribution >= 0.6 is 0 Å². The molecule has 0 radical (unpaired) electrons. The fourth-order valence-corrected chi connectivity index (χ4v) is 3.43. The van der Waals surface area contributed by atoms with Crippen molar-refractivity contribution < 1.29 is 17.6 Å². The average molecular weight is 286 g/mol. The summed E-state index contributed by atoms with van der Waals surface area (Å²) in [5.74, 6) is -0.879. The van der Waals surface area contributed by atoms with Crippen molar-refractivity contribution in [3.63, 3.8) is 0 Å². The summed E-state index contributed by atoms with van der Waals surface area (Å²) in [5, 5.41) is 5.41. The van der Waals surface area contributed by atoms with Gasteiger partial charge in [0.05, 0.1) is 17.2 Å². The zero-order valence-corrected chi connectivity index (χ0v) is 11.0. The third-order valence-electron chi connectivity index (χ3n) is 2.88. The maximum absolute atomic E-state index is 13.3. The number of amides is 1. The Bertz CT molecular complexity index is 574. The smallest absolute Gasteiger partial charge is 0.226 e. The molecule has 0 spiro atoms. The van der Waals surface area contributed by atoms with Crippen molar-refractivity contribution in [2.24, 2.45) is 0 Å². The maximum Gasteiger partial charge on any atom is 0.226 e. The Morgan fingerprint density at radius 1 is 1.42 bits per heavy atom. The lowest BCUT2D eigenvalue weighted by atomic mass is 10.2. The number of rotatable bonds is 3. The zero-order chi connectivity index (χ0) is 13.9. The number of nitrogens with one attached hydrogen (secondary N) is 2. The first-order chi connectivity index (χ1) is 8.96. The molecule has 0 bridgehead atoms. The summed E-state index contributed by atoms with van der Waals surface area (Å²) in [4.78, 5) is 11.7. The minimum absolute atomic E-state index is 0.00750. The lowest BCUT2D eigenvalue weighted by molar-refractivity contribution is -0.116. The molecular formula is C12H15FN2O3S. The monoisotopic (exact) mass is 286 g/mol. The lowest BCUT2D eigenvalue weighted by Crippen LogP contribution is -2.46. The van der Waals surface area contributed by atoms with Crippen LogP contribution in [0.4, 0.5) is 10.1 Å². The van der Waals surface area contributed by atoms with E-state index in [4.69, 9.17) is 0 Å². The second-order valence-corrected chi connectivity index (χ2v) is 6.73. The Morgan fingerprint density at radius 2 is 2.16 bits per heavy atom. The molecule has 1 heterocycles. The van der Waals surface area contributed by atoms with Crippen LogP contribution in [0, 0.1) is 5.82 Å². The van der Waals surface area contributed by atoms with Gasteiger partial charge in [-0.2, -0.15) is 0 Å². The van der Waals surface area contributed by atoms with Crippen LogP contribution in [0.1, 0.15) is 6.42 Å². The summed E-state index contributed by atoms with van der Waals surface area (Å²) < 4.78 is 36.2. The Kier molecular flexibility index (Phi) is 4.16. The quantitative estimate of drug-likeness (QED) is 0.850. The van der Waals surface area contributed by atoms with Crippen molar-refractivity contribution in [1.82, 2.24) is 5.32 Å². The minimum Gasteiger partial charge on any atom is -0.324 e. The van der Waals surface area contributed by atoms with Gasteiger partial charge in [0.2, 0.25) is 5.91 Å². The van der Waals surface area contributed by atoms with E-state index < -0.39 is 27.6 Å². The molecule has 0 aromatic heterocycles. The molecule has 1 atom stereocenters. The molecule has 0 aliphatic carbocycles. The Balaban J connectivity index is 1.93. The number of sulfone groups is 1. The molecule has 1 saturated heterocycles. The molecule has 7 heteroatoms. The summed E-state index contributed by atoms with van der Waals surface area (Å²) in [5.41, 5.74) is 0.103. The molecule has 19 heavy (non-hydrogen) atoms. The topological polar surface area (TPSA) is 75.3 Å². The average Bonchev–Trinajstić information content (AvgIpc) is 2.30. The molecule has 1 aromatic carbocycles. The van der Waals surface area contributed by atoms with E-state index in [1.807, 2.05) is 0 Å². The fourth-order valence-electron chi connectivity index (χ4n) is 1.99. The van der Waals surface area contributed by atoms with E-state index in [9.17, 15) is 17.6 Å². The van der Waals surface area contributed by atoms with Crippen LogP contribution in [0.3, 0.4) is 0 Å². The number of hydrogen-bond acceptors (Lipinski definition) is 4. The first kappa shape index (κ1) is 14.0. The summed E-state index contributed by atoms with van der Waals surface area (Å²) in [6.07, 6.45) is 0.00750. The molecule has 2 rings (SSSR count). The van der Waals surface area contributed by atoms with Crippen LogP contribution in [-0.2, 0) is 14.6 Å². The van der Waals surface area contributed by atoms with Crippen molar-refractivity contribution in [2.45, 2.75) is 12.5 Å². The van der Waals surface area contributed by atoms with Gasteiger partial charge in [-0.1, -0.05) is 12.1 Å². The maximum atomic E-state index is 13.3. The minimum atomic E-state index is -3.08. The van der Waals surface area contributed by atoms with Gasteiger partial charge in [-0.3, -0.25) is 4.79 Å². The van der Waals surface area contributed by atoms with Gasteiger partial charge in [0, 0.05) is 19.0 Å². The van der Waals surface area contributed by atoms with Gasteiger partial charge in [0.1, 0.15) is 5.82 Å². The predicted octanol–water partition coefficient (Wildman–Crippen LogP) is 0.541. The molecule has 5 nitrogen and oxygen atoms in total. The van der Waals surface area contributed by atoms with Gasteiger partial charge in [-0.25, -0.2) is 12.8 Å². The highest BCUT2D eigenvalue weighted by molar-refractivity contribution is 7.91. The first-order valence-electron chi connectivity index (χ1n) is 5.94. The molecular weight excluding hydrogens is 271 g/mol. The second kappa shape index (κ2) is 5.66. The Labute approximate surface area is 111 Å².